The number of piperidine rings is 1. The minimum absolute atomic E-state index is 0.00723. The Morgan fingerprint density at radius 1 is 1.38 bits per heavy atom. The van der Waals surface area contributed by atoms with E-state index in [9.17, 15) is 9.59 Å². The third kappa shape index (κ3) is 4.32. The number of likely N-dealkylation sites (tertiary alicyclic amines) is 1. The molecule has 2 amide bonds. The van der Waals surface area contributed by atoms with E-state index in [4.69, 9.17) is 4.42 Å². The molecule has 1 saturated heterocycles. The summed E-state index contributed by atoms with van der Waals surface area (Å²) in [6.07, 6.45) is 2.92. The van der Waals surface area contributed by atoms with Crippen LogP contribution in [0.3, 0.4) is 0 Å². The molecule has 0 radical (unpaired) electrons. The quantitative estimate of drug-likeness (QED) is 0.872. The SMILES string of the molecule is CN(C)CCNC(=O)C1CCN(C(=O)c2ccco2)CC1. The Hall–Kier alpha value is -1.82. The molecule has 2 rings (SSSR count). The normalized spacial score (nSPS) is 16.2. The Morgan fingerprint density at radius 3 is 2.67 bits per heavy atom. The summed E-state index contributed by atoms with van der Waals surface area (Å²) >= 11 is 0. The molecular formula is C15H23N3O3. The fraction of sp³-hybridized carbons (Fsp3) is 0.600. The van der Waals surface area contributed by atoms with Gasteiger partial charge in [-0.15, -0.1) is 0 Å². The summed E-state index contributed by atoms with van der Waals surface area (Å²) in [5.74, 6) is 0.380. The van der Waals surface area contributed by atoms with Crippen molar-refractivity contribution in [2.45, 2.75) is 12.8 Å². The van der Waals surface area contributed by atoms with E-state index < -0.39 is 0 Å². The molecule has 1 aromatic rings. The van der Waals surface area contributed by atoms with Gasteiger partial charge in [0, 0.05) is 32.1 Å². The molecule has 1 aliphatic rings. The molecule has 0 atom stereocenters. The first-order chi connectivity index (χ1) is 10.1. The molecule has 0 unspecified atom stereocenters. The van der Waals surface area contributed by atoms with E-state index in [1.165, 1.54) is 6.26 Å². The Labute approximate surface area is 125 Å². The van der Waals surface area contributed by atoms with E-state index in [0.29, 0.717) is 38.2 Å². The Balaban J connectivity index is 1.75. The minimum atomic E-state index is -0.0912. The fourth-order valence-electron chi connectivity index (χ4n) is 2.45. The predicted molar refractivity (Wildman–Crippen MR) is 78.9 cm³/mol. The molecule has 1 aliphatic heterocycles. The zero-order chi connectivity index (χ0) is 15.2. The van der Waals surface area contributed by atoms with E-state index in [2.05, 4.69) is 5.32 Å². The maximum absolute atomic E-state index is 12.1. The lowest BCUT2D eigenvalue weighted by molar-refractivity contribution is -0.126. The average Bonchev–Trinajstić information content (AvgIpc) is 3.00. The van der Waals surface area contributed by atoms with Crippen molar-refractivity contribution in [2.24, 2.45) is 5.92 Å². The lowest BCUT2D eigenvalue weighted by Gasteiger charge is -2.30. The summed E-state index contributed by atoms with van der Waals surface area (Å²) in [6, 6.07) is 3.38. The summed E-state index contributed by atoms with van der Waals surface area (Å²) < 4.78 is 5.12. The summed E-state index contributed by atoms with van der Waals surface area (Å²) in [5.41, 5.74) is 0. The van der Waals surface area contributed by atoms with Crippen molar-refractivity contribution < 1.29 is 14.0 Å². The van der Waals surface area contributed by atoms with Gasteiger partial charge >= 0.3 is 0 Å². The van der Waals surface area contributed by atoms with Crippen LogP contribution >= 0.6 is 0 Å². The molecule has 2 heterocycles. The number of carbonyl (C=O) groups excluding carboxylic acids is 2. The van der Waals surface area contributed by atoms with Gasteiger partial charge in [0.25, 0.3) is 5.91 Å². The van der Waals surface area contributed by atoms with Gasteiger partial charge in [-0.3, -0.25) is 9.59 Å². The standard InChI is InChI=1S/C15H23N3O3/c1-17(2)10-7-16-14(19)12-5-8-18(9-6-12)15(20)13-4-3-11-21-13/h3-4,11-12H,5-10H2,1-2H3,(H,16,19). The number of hydrogen-bond donors (Lipinski definition) is 1. The van der Waals surface area contributed by atoms with Gasteiger partial charge in [-0.2, -0.15) is 0 Å². The van der Waals surface area contributed by atoms with Crippen LogP contribution in [0.5, 0.6) is 0 Å². The number of nitrogens with one attached hydrogen (secondary N) is 1. The van der Waals surface area contributed by atoms with Crippen LogP contribution < -0.4 is 5.32 Å². The highest BCUT2D eigenvalue weighted by atomic mass is 16.3. The van der Waals surface area contributed by atoms with Crippen molar-refractivity contribution in [1.82, 2.24) is 15.1 Å². The summed E-state index contributed by atoms with van der Waals surface area (Å²) in [7, 11) is 3.95. The highest BCUT2D eigenvalue weighted by Crippen LogP contribution is 2.19. The van der Waals surface area contributed by atoms with Crippen LogP contribution in [-0.4, -0.2) is 61.9 Å². The lowest BCUT2D eigenvalue weighted by Crippen LogP contribution is -2.43. The Kier molecular flexibility index (Phi) is 5.38. The molecule has 0 aliphatic carbocycles. The molecule has 0 bridgehead atoms. The summed E-state index contributed by atoms with van der Waals surface area (Å²) in [6.45, 7) is 2.70. The monoisotopic (exact) mass is 293 g/mol. The van der Waals surface area contributed by atoms with Crippen LogP contribution in [0.2, 0.25) is 0 Å². The van der Waals surface area contributed by atoms with Gasteiger partial charge in [0.1, 0.15) is 0 Å². The van der Waals surface area contributed by atoms with Crippen LogP contribution in [0, 0.1) is 5.92 Å². The first-order valence-electron chi connectivity index (χ1n) is 7.33. The van der Waals surface area contributed by atoms with E-state index in [1.54, 1.807) is 17.0 Å². The smallest absolute Gasteiger partial charge is 0.289 e. The molecular weight excluding hydrogens is 270 g/mol. The van der Waals surface area contributed by atoms with E-state index >= 15 is 0 Å². The van der Waals surface area contributed by atoms with Crippen molar-refractivity contribution in [2.75, 3.05) is 40.3 Å². The number of furan rings is 1. The highest BCUT2D eigenvalue weighted by molar-refractivity contribution is 5.91. The third-order valence-corrected chi connectivity index (χ3v) is 3.74. The van der Waals surface area contributed by atoms with Crippen molar-refractivity contribution in [1.29, 1.82) is 0 Å². The van der Waals surface area contributed by atoms with Crippen LogP contribution in [0.1, 0.15) is 23.4 Å². The molecule has 0 aromatic carbocycles. The maximum Gasteiger partial charge on any atom is 0.289 e. The van der Waals surface area contributed by atoms with Crippen molar-refractivity contribution >= 4 is 11.8 Å². The van der Waals surface area contributed by atoms with Gasteiger partial charge in [-0.25, -0.2) is 0 Å². The minimum Gasteiger partial charge on any atom is -0.459 e. The molecule has 1 N–H and O–H groups in total. The van der Waals surface area contributed by atoms with E-state index in [1.807, 2.05) is 19.0 Å². The van der Waals surface area contributed by atoms with E-state index in [0.717, 1.165) is 6.54 Å². The summed E-state index contributed by atoms with van der Waals surface area (Å²) in [4.78, 5) is 27.9. The number of hydrogen-bond acceptors (Lipinski definition) is 4. The number of rotatable bonds is 5. The largest absolute Gasteiger partial charge is 0.459 e. The van der Waals surface area contributed by atoms with Gasteiger partial charge in [0.15, 0.2) is 5.76 Å². The number of likely N-dealkylation sites (N-methyl/N-ethyl adjacent to an activating group) is 1. The molecule has 1 fully saturated rings. The van der Waals surface area contributed by atoms with Crippen LogP contribution in [0.25, 0.3) is 0 Å². The lowest BCUT2D eigenvalue weighted by atomic mass is 9.95. The molecule has 0 spiro atoms. The molecule has 6 nitrogen and oxygen atoms in total. The number of carbonyl (C=O) groups is 2. The van der Waals surface area contributed by atoms with Crippen molar-refractivity contribution in [3.8, 4) is 0 Å². The second kappa shape index (κ2) is 7.26. The predicted octanol–water partition coefficient (Wildman–Crippen LogP) is 0.810. The molecule has 21 heavy (non-hydrogen) atoms. The highest BCUT2D eigenvalue weighted by Gasteiger charge is 2.28. The van der Waals surface area contributed by atoms with Crippen LogP contribution in [0.4, 0.5) is 0 Å². The van der Waals surface area contributed by atoms with Gasteiger partial charge in [0.05, 0.1) is 6.26 Å². The second-order valence-electron chi connectivity index (χ2n) is 5.64. The van der Waals surface area contributed by atoms with Gasteiger partial charge < -0.3 is 19.5 Å². The molecule has 116 valence electrons. The fourth-order valence-corrected chi connectivity index (χ4v) is 2.45. The number of nitrogens with zero attached hydrogens (tertiary/aromatic N) is 2. The van der Waals surface area contributed by atoms with Gasteiger partial charge in [-0.1, -0.05) is 0 Å². The summed E-state index contributed by atoms with van der Waals surface area (Å²) in [5, 5.41) is 2.95. The zero-order valence-electron chi connectivity index (χ0n) is 12.7. The first-order valence-corrected chi connectivity index (χ1v) is 7.33. The third-order valence-electron chi connectivity index (χ3n) is 3.74. The second-order valence-corrected chi connectivity index (χ2v) is 5.64. The number of amides is 2. The topological polar surface area (TPSA) is 65.8 Å². The zero-order valence-corrected chi connectivity index (χ0v) is 12.7. The molecule has 6 heteroatoms. The van der Waals surface area contributed by atoms with Crippen LogP contribution in [0.15, 0.2) is 22.8 Å². The van der Waals surface area contributed by atoms with E-state index in [-0.39, 0.29) is 17.7 Å². The first kappa shape index (κ1) is 15.6. The Bertz CT molecular complexity index is 463. The van der Waals surface area contributed by atoms with Crippen molar-refractivity contribution in [3.63, 3.8) is 0 Å². The molecule has 0 saturated carbocycles. The van der Waals surface area contributed by atoms with Gasteiger partial charge in [0.2, 0.25) is 5.91 Å². The van der Waals surface area contributed by atoms with Crippen LogP contribution in [-0.2, 0) is 4.79 Å². The Morgan fingerprint density at radius 2 is 2.10 bits per heavy atom. The van der Waals surface area contributed by atoms with Gasteiger partial charge in [-0.05, 0) is 39.1 Å². The van der Waals surface area contributed by atoms with Crippen molar-refractivity contribution in [3.05, 3.63) is 24.2 Å². The maximum atomic E-state index is 12.1. The molecule has 1 aromatic heterocycles. The average molecular weight is 293 g/mol.